The summed E-state index contributed by atoms with van der Waals surface area (Å²) in [4.78, 5) is 33.4. The van der Waals surface area contributed by atoms with Gasteiger partial charge in [0.05, 0.1) is 19.0 Å². The summed E-state index contributed by atoms with van der Waals surface area (Å²) in [5, 5.41) is 1.96. The molecule has 0 saturated carbocycles. The van der Waals surface area contributed by atoms with Crippen molar-refractivity contribution in [1.29, 1.82) is 0 Å². The average molecular weight is 491 g/mol. The van der Waals surface area contributed by atoms with Crippen LogP contribution in [0, 0.1) is 0 Å². The quantitative estimate of drug-likeness (QED) is 0.369. The minimum Gasteiger partial charge on any atom is -0.487 e. The highest BCUT2D eigenvalue weighted by Crippen LogP contribution is 2.26. The van der Waals surface area contributed by atoms with E-state index in [1.165, 1.54) is 13.2 Å². The molecule has 1 aliphatic heterocycles. The number of ether oxygens (including phenoxy) is 2. The van der Waals surface area contributed by atoms with Crippen LogP contribution in [0.4, 0.5) is 0 Å². The fourth-order valence-electron chi connectivity index (χ4n) is 4.45. The van der Waals surface area contributed by atoms with Crippen LogP contribution < -0.4 is 10.3 Å². The van der Waals surface area contributed by atoms with Crippen LogP contribution in [0.5, 0.6) is 5.75 Å². The molecule has 0 atom stereocenters. The van der Waals surface area contributed by atoms with E-state index in [0.717, 1.165) is 16.3 Å². The normalized spacial score (nSPS) is 13.7. The number of aromatic nitrogens is 3. The Bertz CT molecular complexity index is 1360. The zero-order valence-electron chi connectivity index (χ0n) is 19.4. The Morgan fingerprint density at radius 3 is 2.83 bits per heavy atom. The molecular formula is C26H26N4O4S. The molecule has 0 amide bonds. The van der Waals surface area contributed by atoms with Crippen LogP contribution in [0.3, 0.4) is 0 Å². The molecule has 9 heteroatoms. The number of methoxy groups -OCH3 is 1. The molecule has 1 aliphatic rings. The number of thiophene rings is 1. The number of hydrogen-bond donors (Lipinski definition) is 0. The highest BCUT2D eigenvalue weighted by Gasteiger charge is 2.26. The van der Waals surface area contributed by atoms with E-state index < -0.39 is 5.97 Å². The molecule has 0 saturated heterocycles. The molecule has 0 N–H and O–H groups in total. The first kappa shape index (κ1) is 23.1. The number of rotatable bonds is 7. The van der Waals surface area contributed by atoms with Crippen LogP contribution in [0.2, 0.25) is 0 Å². The maximum absolute atomic E-state index is 13.0. The Balaban J connectivity index is 1.40. The molecule has 0 unspecified atom stereocenters. The van der Waals surface area contributed by atoms with Crippen molar-refractivity contribution in [2.45, 2.75) is 26.1 Å². The molecule has 0 aromatic carbocycles. The molecule has 5 heterocycles. The van der Waals surface area contributed by atoms with E-state index in [-0.39, 0.29) is 11.3 Å². The van der Waals surface area contributed by atoms with Gasteiger partial charge in [-0.25, -0.2) is 4.79 Å². The molecule has 0 bridgehead atoms. The Kier molecular flexibility index (Phi) is 6.78. The van der Waals surface area contributed by atoms with E-state index in [9.17, 15) is 9.59 Å². The van der Waals surface area contributed by atoms with E-state index in [4.69, 9.17) is 9.47 Å². The topological polar surface area (TPSA) is 78.6 Å². The Morgan fingerprint density at radius 2 is 2.06 bits per heavy atom. The number of hydrogen-bond acceptors (Lipinski definition) is 7. The molecule has 0 radical (unpaired) electrons. The number of fused-ring (bicyclic) bond motifs is 1. The summed E-state index contributed by atoms with van der Waals surface area (Å²) >= 11 is 1.56. The average Bonchev–Trinajstić information content (AvgIpc) is 3.52. The first-order chi connectivity index (χ1) is 17.1. The third-order valence-corrected chi connectivity index (χ3v) is 7.02. The summed E-state index contributed by atoms with van der Waals surface area (Å²) in [7, 11) is 1.35. The highest BCUT2D eigenvalue weighted by molar-refractivity contribution is 7.09. The second-order valence-electron chi connectivity index (χ2n) is 8.29. The number of carbonyl (C=O) groups is 1. The lowest BCUT2D eigenvalue weighted by molar-refractivity contribution is 0.0592. The number of pyridine rings is 2. The van der Waals surface area contributed by atoms with Gasteiger partial charge in [0, 0.05) is 67.3 Å². The van der Waals surface area contributed by atoms with Crippen molar-refractivity contribution in [2.75, 3.05) is 20.2 Å². The predicted octanol–water partition coefficient (Wildman–Crippen LogP) is 3.52. The van der Waals surface area contributed by atoms with E-state index >= 15 is 0 Å². The van der Waals surface area contributed by atoms with Gasteiger partial charge in [0.2, 0.25) is 0 Å². The molecule has 8 nitrogen and oxygen atoms in total. The van der Waals surface area contributed by atoms with Crippen molar-refractivity contribution in [3.05, 3.63) is 98.6 Å². The summed E-state index contributed by atoms with van der Waals surface area (Å²) in [5.41, 5.74) is 2.96. The van der Waals surface area contributed by atoms with Gasteiger partial charge in [-0.2, -0.15) is 0 Å². The van der Waals surface area contributed by atoms with Gasteiger partial charge < -0.3 is 18.6 Å². The van der Waals surface area contributed by atoms with Crippen LogP contribution in [-0.2, 0) is 30.9 Å². The standard InChI is InChI=1S/C26H26N4O4S/c1-33-26(32)25-22-8-11-28(17-20-6-3-10-29(20)19-5-2-9-27-16-19)12-13-30(22)24(31)15-23(25)34-18-21-7-4-14-35-21/h2-7,9-10,14-16H,8,11-13,17-18H2,1H3. The smallest absolute Gasteiger partial charge is 0.343 e. The lowest BCUT2D eigenvalue weighted by Gasteiger charge is -2.20. The number of esters is 1. The van der Waals surface area contributed by atoms with E-state index in [0.29, 0.717) is 50.5 Å². The molecular weight excluding hydrogens is 464 g/mol. The fraction of sp³-hybridized carbons (Fsp3) is 0.269. The maximum atomic E-state index is 13.0. The van der Waals surface area contributed by atoms with E-state index in [1.807, 2.05) is 48.1 Å². The molecule has 0 spiro atoms. The van der Waals surface area contributed by atoms with Crippen LogP contribution in [0.1, 0.15) is 26.6 Å². The molecule has 4 aromatic rings. The summed E-state index contributed by atoms with van der Waals surface area (Å²) in [6.45, 7) is 2.86. The van der Waals surface area contributed by atoms with E-state index in [1.54, 1.807) is 22.1 Å². The Labute approximate surface area is 207 Å². The molecule has 0 fully saturated rings. The van der Waals surface area contributed by atoms with Gasteiger partial charge >= 0.3 is 5.97 Å². The Morgan fingerprint density at radius 1 is 1.14 bits per heavy atom. The van der Waals surface area contributed by atoms with Crippen molar-refractivity contribution in [3.63, 3.8) is 0 Å². The number of carbonyl (C=O) groups excluding carboxylic acids is 1. The molecule has 0 aliphatic carbocycles. The van der Waals surface area contributed by atoms with Crippen LogP contribution >= 0.6 is 11.3 Å². The fourth-order valence-corrected chi connectivity index (χ4v) is 5.07. The van der Waals surface area contributed by atoms with Gasteiger partial charge in [-0.05, 0) is 35.7 Å². The predicted molar refractivity (Wildman–Crippen MR) is 133 cm³/mol. The maximum Gasteiger partial charge on any atom is 0.343 e. The second kappa shape index (κ2) is 10.3. The Hall–Kier alpha value is -3.69. The minimum absolute atomic E-state index is 0.172. The van der Waals surface area contributed by atoms with Crippen molar-refractivity contribution < 1.29 is 14.3 Å². The van der Waals surface area contributed by atoms with E-state index in [2.05, 4.69) is 20.5 Å². The highest BCUT2D eigenvalue weighted by atomic mass is 32.1. The number of nitrogens with zero attached hydrogens (tertiary/aromatic N) is 4. The van der Waals surface area contributed by atoms with Crippen molar-refractivity contribution in [3.8, 4) is 11.4 Å². The van der Waals surface area contributed by atoms with Crippen molar-refractivity contribution in [2.24, 2.45) is 0 Å². The van der Waals surface area contributed by atoms with Gasteiger partial charge in [0.25, 0.3) is 5.56 Å². The largest absolute Gasteiger partial charge is 0.487 e. The van der Waals surface area contributed by atoms with Gasteiger partial charge in [0.15, 0.2) is 0 Å². The van der Waals surface area contributed by atoms with Gasteiger partial charge in [-0.3, -0.25) is 14.7 Å². The zero-order chi connectivity index (χ0) is 24.2. The van der Waals surface area contributed by atoms with Gasteiger partial charge in [-0.15, -0.1) is 11.3 Å². The van der Waals surface area contributed by atoms with Crippen LogP contribution in [0.25, 0.3) is 5.69 Å². The molecule has 35 heavy (non-hydrogen) atoms. The zero-order valence-corrected chi connectivity index (χ0v) is 20.2. The third-order valence-electron chi connectivity index (χ3n) is 6.17. The lowest BCUT2D eigenvalue weighted by Crippen LogP contribution is -2.29. The summed E-state index contributed by atoms with van der Waals surface area (Å²) in [5.74, 6) is -0.214. The van der Waals surface area contributed by atoms with Crippen LogP contribution in [0.15, 0.2) is 71.2 Å². The first-order valence-electron chi connectivity index (χ1n) is 11.4. The third kappa shape index (κ3) is 4.91. The van der Waals surface area contributed by atoms with Crippen LogP contribution in [-0.4, -0.2) is 45.2 Å². The molecule has 4 aromatic heterocycles. The van der Waals surface area contributed by atoms with Crippen molar-refractivity contribution >= 4 is 17.3 Å². The lowest BCUT2D eigenvalue weighted by atomic mass is 10.1. The monoisotopic (exact) mass is 490 g/mol. The summed E-state index contributed by atoms with van der Waals surface area (Å²) < 4.78 is 14.8. The second-order valence-corrected chi connectivity index (χ2v) is 9.32. The summed E-state index contributed by atoms with van der Waals surface area (Å²) in [6, 6.07) is 13.4. The SMILES string of the molecule is COC(=O)c1c(OCc2cccs2)cc(=O)n2c1CCN(Cc1cccn1-c1cccnc1)CC2. The van der Waals surface area contributed by atoms with Crippen molar-refractivity contribution in [1.82, 2.24) is 19.0 Å². The summed E-state index contributed by atoms with van der Waals surface area (Å²) in [6.07, 6.45) is 6.15. The first-order valence-corrected chi connectivity index (χ1v) is 12.3. The van der Waals surface area contributed by atoms with Gasteiger partial charge in [0.1, 0.15) is 17.9 Å². The van der Waals surface area contributed by atoms with Gasteiger partial charge in [-0.1, -0.05) is 6.07 Å². The minimum atomic E-state index is -0.492. The molecule has 180 valence electrons. The molecule has 5 rings (SSSR count).